The van der Waals surface area contributed by atoms with Gasteiger partial charge < -0.3 is 19.3 Å². The first kappa shape index (κ1) is 32.2. The van der Waals surface area contributed by atoms with Gasteiger partial charge in [-0.1, -0.05) is 42.5 Å². The third-order valence-corrected chi connectivity index (χ3v) is 6.92. The maximum absolute atomic E-state index is 12.0. The molecule has 0 aromatic heterocycles. The second kappa shape index (κ2) is 14.0. The van der Waals surface area contributed by atoms with Crippen LogP contribution >= 0.6 is 0 Å². The number of benzene rings is 2. The van der Waals surface area contributed by atoms with E-state index in [-0.39, 0.29) is 13.6 Å². The van der Waals surface area contributed by atoms with Crippen LogP contribution in [0.25, 0.3) is 5.57 Å². The molecule has 2 aromatic carbocycles. The van der Waals surface area contributed by atoms with Gasteiger partial charge in [0.2, 0.25) is 0 Å². The van der Waals surface area contributed by atoms with Gasteiger partial charge in [0.1, 0.15) is 11.2 Å². The van der Waals surface area contributed by atoms with Crippen LogP contribution in [0.2, 0.25) is 0 Å². The number of hydrogen-bond acceptors (Lipinski definition) is 6. The molecule has 1 fully saturated rings. The first-order chi connectivity index (χ1) is 19.8. The third kappa shape index (κ3) is 9.38. The molecule has 224 valence electrons. The van der Waals surface area contributed by atoms with Gasteiger partial charge in [-0.15, -0.1) is 0 Å². The molecule has 0 unspecified atom stereocenters. The smallest absolute Gasteiger partial charge is 0.410 e. The summed E-state index contributed by atoms with van der Waals surface area (Å²) in [5.74, 6) is 0.347. The minimum absolute atomic E-state index is 0. The quantitative estimate of drug-likeness (QED) is 0.369. The van der Waals surface area contributed by atoms with Gasteiger partial charge in [0, 0.05) is 27.6 Å². The molecule has 0 atom stereocenters. The molecule has 8 heteroatoms. The topological polar surface area (TPSA) is 107 Å². The summed E-state index contributed by atoms with van der Waals surface area (Å²) < 4.78 is 10.8. The maximum atomic E-state index is 12.0. The molecule has 2 aliphatic rings. The number of nitriles is 2. The van der Waals surface area contributed by atoms with Gasteiger partial charge in [-0.2, -0.15) is 10.5 Å². The molecule has 42 heavy (non-hydrogen) atoms. The van der Waals surface area contributed by atoms with Crippen LogP contribution < -0.4 is 0 Å². The van der Waals surface area contributed by atoms with Crippen molar-refractivity contribution in [2.45, 2.75) is 77.9 Å². The van der Waals surface area contributed by atoms with E-state index >= 15 is 0 Å². The molecule has 0 N–H and O–H groups in total. The highest BCUT2D eigenvalue weighted by molar-refractivity contribution is 5.75. The molecular formula is C34H44N4O4. The highest BCUT2D eigenvalue weighted by Gasteiger charge is 2.28. The van der Waals surface area contributed by atoms with Crippen molar-refractivity contribution in [1.82, 2.24) is 9.80 Å². The number of piperidine rings is 1. The Hall–Kier alpha value is -4.30. The summed E-state index contributed by atoms with van der Waals surface area (Å²) in [4.78, 5) is 27.5. The van der Waals surface area contributed by atoms with E-state index in [0.29, 0.717) is 37.7 Å². The zero-order valence-corrected chi connectivity index (χ0v) is 25.6. The van der Waals surface area contributed by atoms with Gasteiger partial charge in [-0.05, 0) is 95.6 Å². The predicted molar refractivity (Wildman–Crippen MR) is 165 cm³/mol. The van der Waals surface area contributed by atoms with Crippen molar-refractivity contribution in [1.29, 1.82) is 10.5 Å². The zero-order chi connectivity index (χ0) is 30.9. The number of rotatable bonds is 2. The van der Waals surface area contributed by atoms with Gasteiger partial charge in [-0.3, -0.25) is 0 Å². The molecule has 4 rings (SSSR count). The molecule has 2 heterocycles. The van der Waals surface area contributed by atoms with Gasteiger partial charge in [0.25, 0.3) is 0 Å². The largest absolute Gasteiger partial charge is 0.444 e. The summed E-state index contributed by atoms with van der Waals surface area (Å²) >= 11 is 0. The lowest BCUT2D eigenvalue weighted by molar-refractivity contribution is 0.0203. The predicted octanol–water partition coefficient (Wildman–Crippen LogP) is 7.50. The summed E-state index contributed by atoms with van der Waals surface area (Å²) in [6.45, 7) is 13.7. The first-order valence-corrected chi connectivity index (χ1v) is 14.4. The normalized spacial score (nSPS) is 15.8. The lowest BCUT2D eigenvalue weighted by Crippen LogP contribution is -2.41. The number of ether oxygens (including phenoxy) is 2. The number of nitrogens with zero attached hydrogens (tertiary/aromatic N) is 4. The standard InChI is InChI=1S/C17H22N2O2.C17H20N2O2.H2/c2*1-17(2,3)21-16(20)19-10-8-13(9-11-19)15-7-5-4-6-14(15)12-18;/h4-7,13H,8-11H2,1-3H3;4-8H,9-11H2,1-3H3;1H. The number of hydrogen-bond donors (Lipinski definition) is 0. The Kier molecular flexibility index (Phi) is 10.8. The van der Waals surface area contributed by atoms with E-state index in [1.54, 1.807) is 9.80 Å². The van der Waals surface area contributed by atoms with E-state index in [1.165, 1.54) is 0 Å². The average molecular weight is 573 g/mol. The van der Waals surface area contributed by atoms with Crippen LogP contribution in [0.15, 0.2) is 54.6 Å². The van der Waals surface area contributed by atoms with Gasteiger partial charge in [-0.25, -0.2) is 9.59 Å². The SMILES string of the molecule is CC(C)(C)OC(=O)N1CC=C(c2ccccc2C#N)CC1.CC(C)(C)OC(=O)N1CCC(c2ccccc2C#N)CC1.[HH]. The Morgan fingerprint density at radius 2 is 1.31 bits per heavy atom. The van der Waals surface area contributed by atoms with Crippen LogP contribution in [-0.4, -0.2) is 59.4 Å². The average Bonchev–Trinajstić information content (AvgIpc) is 2.96. The third-order valence-electron chi connectivity index (χ3n) is 6.92. The Labute approximate surface area is 251 Å². The van der Waals surface area contributed by atoms with Crippen LogP contribution in [0.4, 0.5) is 9.59 Å². The fourth-order valence-corrected chi connectivity index (χ4v) is 4.92. The molecule has 2 aliphatic heterocycles. The first-order valence-electron chi connectivity index (χ1n) is 14.4. The highest BCUT2D eigenvalue weighted by atomic mass is 16.6. The second-order valence-electron chi connectivity index (χ2n) is 12.5. The summed E-state index contributed by atoms with van der Waals surface area (Å²) in [6, 6.07) is 19.8. The van der Waals surface area contributed by atoms with Crippen molar-refractivity contribution in [3.63, 3.8) is 0 Å². The minimum atomic E-state index is -0.478. The van der Waals surface area contributed by atoms with Crippen molar-refractivity contribution in [2.24, 2.45) is 0 Å². The van der Waals surface area contributed by atoms with E-state index < -0.39 is 11.2 Å². The Bertz CT molecular complexity index is 1370. The van der Waals surface area contributed by atoms with Crippen LogP contribution in [-0.2, 0) is 9.47 Å². The fourth-order valence-electron chi connectivity index (χ4n) is 4.92. The number of amides is 2. The van der Waals surface area contributed by atoms with Crippen LogP contribution in [0.1, 0.15) is 90.4 Å². The van der Waals surface area contributed by atoms with E-state index in [1.807, 2.05) is 96.1 Å². The summed E-state index contributed by atoms with van der Waals surface area (Å²) in [6.07, 6.45) is 3.96. The molecular weight excluding hydrogens is 528 g/mol. The number of carbonyl (C=O) groups is 2. The van der Waals surface area contributed by atoms with Gasteiger partial charge >= 0.3 is 12.2 Å². The molecule has 0 spiro atoms. The van der Waals surface area contributed by atoms with Crippen molar-refractivity contribution < 1.29 is 20.5 Å². The van der Waals surface area contributed by atoms with Crippen molar-refractivity contribution in [2.75, 3.05) is 26.2 Å². The summed E-state index contributed by atoms with van der Waals surface area (Å²) in [5, 5.41) is 18.3. The molecule has 0 radical (unpaired) electrons. The van der Waals surface area contributed by atoms with E-state index in [2.05, 4.69) is 12.1 Å². The molecule has 2 aromatic rings. The summed E-state index contributed by atoms with van der Waals surface area (Å²) in [7, 11) is 0. The lowest BCUT2D eigenvalue weighted by atomic mass is 9.87. The van der Waals surface area contributed by atoms with Crippen LogP contribution in [0, 0.1) is 22.7 Å². The second-order valence-corrected chi connectivity index (χ2v) is 12.5. The van der Waals surface area contributed by atoms with Crippen LogP contribution in [0.5, 0.6) is 0 Å². The Morgan fingerprint density at radius 1 is 0.786 bits per heavy atom. The van der Waals surface area contributed by atoms with E-state index in [0.717, 1.165) is 41.5 Å². The van der Waals surface area contributed by atoms with Crippen molar-refractivity contribution in [3.05, 3.63) is 76.9 Å². The molecule has 8 nitrogen and oxygen atoms in total. The molecule has 0 bridgehead atoms. The van der Waals surface area contributed by atoms with Crippen molar-refractivity contribution in [3.8, 4) is 12.1 Å². The maximum Gasteiger partial charge on any atom is 0.410 e. The number of carbonyl (C=O) groups excluding carboxylic acids is 2. The minimum Gasteiger partial charge on any atom is -0.444 e. The fraction of sp³-hybridized carbons (Fsp3) is 0.471. The Morgan fingerprint density at radius 3 is 1.83 bits per heavy atom. The van der Waals surface area contributed by atoms with E-state index in [9.17, 15) is 14.9 Å². The van der Waals surface area contributed by atoms with Gasteiger partial charge in [0.05, 0.1) is 23.3 Å². The van der Waals surface area contributed by atoms with Crippen molar-refractivity contribution >= 4 is 17.8 Å². The van der Waals surface area contributed by atoms with Gasteiger partial charge in [0.15, 0.2) is 0 Å². The highest BCUT2D eigenvalue weighted by Crippen LogP contribution is 2.31. The monoisotopic (exact) mass is 572 g/mol. The van der Waals surface area contributed by atoms with Crippen LogP contribution in [0.3, 0.4) is 0 Å². The number of likely N-dealkylation sites (tertiary alicyclic amines) is 1. The Balaban J connectivity index is 0.000000293. The molecule has 1 saturated heterocycles. The zero-order valence-electron chi connectivity index (χ0n) is 25.6. The van der Waals surface area contributed by atoms with E-state index in [4.69, 9.17) is 14.7 Å². The molecule has 0 saturated carbocycles. The lowest BCUT2D eigenvalue weighted by Gasteiger charge is -2.33. The summed E-state index contributed by atoms with van der Waals surface area (Å²) in [5.41, 5.74) is 3.66. The molecule has 2 amide bonds. The molecule has 0 aliphatic carbocycles.